The van der Waals surface area contributed by atoms with Gasteiger partial charge in [0.25, 0.3) is 5.69 Å². The fourth-order valence-electron chi connectivity index (χ4n) is 1.88. The summed E-state index contributed by atoms with van der Waals surface area (Å²) in [4.78, 5) is 26.3. The zero-order chi connectivity index (χ0) is 15.2. The van der Waals surface area contributed by atoms with Crippen LogP contribution in [-0.4, -0.2) is 22.5 Å². The summed E-state index contributed by atoms with van der Waals surface area (Å²) in [5.41, 5.74) is 1.52. The highest BCUT2D eigenvalue weighted by Gasteiger charge is 2.13. The molecule has 2 rings (SSSR count). The molecule has 0 bridgehead atoms. The van der Waals surface area contributed by atoms with Gasteiger partial charge in [0.05, 0.1) is 11.5 Å². The number of aromatic nitrogens is 1. The minimum atomic E-state index is -0.530. The maximum Gasteiger partial charge on any atom is 0.356 e. The van der Waals surface area contributed by atoms with Crippen molar-refractivity contribution in [3.63, 3.8) is 0 Å². The first-order chi connectivity index (χ1) is 10.1. The van der Waals surface area contributed by atoms with Crippen LogP contribution in [0, 0.1) is 17.0 Å². The predicted octanol–water partition coefficient (Wildman–Crippen LogP) is 2.70. The molecular weight excluding hydrogens is 272 g/mol. The van der Waals surface area contributed by atoms with E-state index in [1.165, 1.54) is 6.07 Å². The average molecular weight is 286 g/mol. The fraction of sp³-hybridized carbons (Fsp3) is 0.200. The molecule has 21 heavy (non-hydrogen) atoms. The second-order valence-electron chi connectivity index (χ2n) is 4.44. The predicted molar refractivity (Wildman–Crippen MR) is 76.1 cm³/mol. The Labute approximate surface area is 121 Å². The number of benzene rings is 1. The number of hydrogen-bond acceptors (Lipinski definition) is 5. The van der Waals surface area contributed by atoms with Gasteiger partial charge in [-0.1, -0.05) is 24.3 Å². The van der Waals surface area contributed by atoms with Crippen LogP contribution in [0.15, 0.2) is 42.5 Å². The molecule has 0 aliphatic heterocycles. The SMILES string of the molecule is Cc1cccc(C(=O)OCCc2ccccc2[N+](=O)[O-])n1. The number of nitrogens with zero attached hydrogens (tertiary/aromatic N) is 2. The maximum absolute atomic E-state index is 11.8. The van der Waals surface area contributed by atoms with E-state index in [0.717, 1.165) is 5.69 Å². The largest absolute Gasteiger partial charge is 0.461 e. The lowest BCUT2D eigenvalue weighted by Gasteiger charge is -2.05. The molecule has 108 valence electrons. The quantitative estimate of drug-likeness (QED) is 0.479. The summed E-state index contributed by atoms with van der Waals surface area (Å²) in [5, 5.41) is 10.9. The van der Waals surface area contributed by atoms with Crippen LogP contribution in [0.25, 0.3) is 0 Å². The Balaban J connectivity index is 1.96. The first-order valence-corrected chi connectivity index (χ1v) is 6.41. The van der Waals surface area contributed by atoms with Crippen molar-refractivity contribution in [3.05, 3.63) is 69.5 Å². The molecular formula is C15H14N2O4. The standard InChI is InChI=1S/C15H14N2O4/c1-11-5-4-7-13(16-11)15(18)21-10-9-12-6-2-3-8-14(12)17(19)20/h2-8H,9-10H2,1H3. The fourth-order valence-corrected chi connectivity index (χ4v) is 1.88. The molecule has 0 amide bonds. The summed E-state index contributed by atoms with van der Waals surface area (Å²) in [6.45, 7) is 1.85. The molecule has 0 fully saturated rings. The van der Waals surface area contributed by atoms with Gasteiger partial charge in [-0.3, -0.25) is 10.1 Å². The minimum absolute atomic E-state index is 0.0298. The summed E-state index contributed by atoms with van der Waals surface area (Å²) in [5.74, 6) is -0.530. The molecule has 0 aliphatic rings. The third-order valence-corrected chi connectivity index (χ3v) is 2.89. The van der Waals surface area contributed by atoms with Crippen LogP contribution in [0.2, 0.25) is 0 Å². The van der Waals surface area contributed by atoms with E-state index in [0.29, 0.717) is 5.56 Å². The van der Waals surface area contributed by atoms with Crippen molar-refractivity contribution in [2.45, 2.75) is 13.3 Å². The number of ether oxygens (including phenoxy) is 1. The third kappa shape index (κ3) is 3.85. The lowest BCUT2D eigenvalue weighted by atomic mass is 10.1. The summed E-state index contributed by atoms with van der Waals surface area (Å²) < 4.78 is 5.10. The molecule has 2 aromatic rings. The Morgan fingerprint density at radius 3 is 2.71 bits per heavy atom. The van der Waals surface area contributed by atoms with E-state index in [4.69, 9.17) is 4.74 Å². The number of nitro benzene ring substituents is 1. The Kier molecular flexibility index (Phi) is 4.61. The number of para-hydroxylation sites is 1. The molecule has 0 atom stereocenters. The Hall–Kier alpha value is -2.76. The van der Waals surface area contributed by atoms with Gasteiger partial charge in [-0.05, 0) is 19.1 Å². The molecule has 1 aromatic carbocycles. The van der Waals surface area contributed by atoms with Crippen molar-refractivity contribution < 1.29 is 14.5 Å². The van der Waals surface area contributed by atoms with E-state index in [-0.39, 0.29) is 24.4 Å². The van der Waals surface area contributed by atoms with Gasteiger partial charge in [0, 0.05) is 23.7 Å². The van der Waals surface area contributed by atoms with Crippen molar-refractivity contribution in [1.29, 1.82) is 0 Å². The highest BCUT2D eigenvalue weighted by Crippen LogP contribution is 2.18. The van der Waals surface area contributed by atoms with Gasteiger partial charge in [-0.2, -0.15) is 0 Å². The third-order valence-electron chi connectivity index (χ3n) is 2.89. The van der Waals surface area contributed by atoms with Crippen molar-refractivity contribution in [3.8, 4) is 0 Å². The second-order valence-corrected chi connectivity index (χ2v) is 4.44. The number of esters is 1. The Bertz CT molecular complexity index is 670. The van der Waals surface area contributed by atoms with Crippen molar-refractivity contribution >= 4 is 11.7 Å². The van der Waals surface area contributed by atoms with E-state index in [1.54, 1.807) is 43.3 Å². The van der Waals surface area contributed by atoms with Gasteiger partial charge in [-0.25, -0.2) is 9.78 Å². The molecule has 0 saturated heterocycles. The lowest BCUT2D eigenvalue weighted by molar-refractivity contribution is -0.385. The van der Waals surface area contributed by atoms with Crippen molar-refractivity contribution in [2.75, 3.05) is 6.61 Å². The van der Waals surface area contributed by atoms with E-state index < -0.39 is 10.9 Å². The number of aryl methyl sites for hydroxylation is 1. The number of rotatable bonds is 5. The van der Waals surface area contributed by atoms with Crippen LogP contribution in [-0.2, 0) is 11.2 Å². The lowest BCUT2D eigenvalue weighted by Crippen LogP contribution is -2.10. The first-order valence-electron chi connectivity index (χ1n) is 6.41. The molecule has 0 N–H and O–H groups in total. The zero-order valence-corrected chi connectivity index (χ0v) is 11.5. The summed E-state index contributed by atoms with van der Waals surface area (Å²) >= 11 is 0. The topological polar surface area (TPSA) is 82.3 Å². The Morgan fingerprint density at radius 1 is 1.24 bits per heavy atom. The zero-order valence-electron chi connectivity index (χ0n) is 11.5. The summed E-state index contributed by atoms with van der Waals surface area (Å²) in [7, 11) is 0. The number of carbonyl (C=O) groups excluding carboxylic acids is 1. The van der Waals surface area contributed by atoms with E-state index >= 15 is 0 Å². The van der Waals surface area contributed by atoms with Gasteiger partial charge in [-0.15, -0.1) is 0 Å². The summed E-state index contributed by atoms with van der Waals surface area (Å²) in [6.07, 6.45) is 0.286. The number of nitro groups is 1. The number of hydrogen-bond donors (Lipinski definition) is 0. The highest BCUT2D eigenvalue weighted by atomic mass is 16.6. The van der Waals surface area contributed by atoms with Gasteiger partial charge in [0.2, 0.25) is 0 Å². The smallest absolute Gasteiger partial charge is 0.356 e. The maximum atomic E-state index is 11.8. The van der Waals surface area contributed by atoms with E-state index in [1.807, 2.05) is 0 Å². The minimum Gasteiger partial charge on any atom is -0.461 e. The van der Waals surface area contributed by atoms with Crippen LogP contribution >= 0.6 is 0 Å². The van der Waals surface area contributed by atoms with E-state index in [2.05, 4.69) is 4.98 Å². The molecule has 1 heterocycles. The number of carbonyl (C=O) groups is 1. The highest BCUT2D eigenvalue weighted by molar-refractivity contribution is 5.87. The van der Waals surface area contributed by atoms with E-state index in [9.17, 15) is 14.9 Å². The van der Waals surface area contributed by atoms with Gasteiger partial charge in [0.1, 0.15) is 5.69 Å². The normalized spacial score (nSPS) is 10.1. The Morgan fingerprint density at radius 2 is 2.00 bits per heavy atom. The van der Waals surface area contributed by atoms with Crippen molar-refractivity contribution in [2.24, 2.45) is 0 Å². The molecule has 0 radical (unpaired) electrons. The average Bonchev–Trinajstić information content (AvgIpc) is 2.47. The second kappa shape index (κ2) is 6.60. The molecule has 0 saturated carbocycles. The van der Waals surface area contributed by atoms with Crippen LogP contribution in [0.3, 0.4) is 0 Å². The molecule has 1 aromatic heterocycles. The molecule has 0 aliphatic carbocycles. The molecule has 6 nitrogen and oxygen atoms in total. The monoisotopic (exact) mass is 286 g/mol. The van der Waals surface area contributed by atoms with Crippen LogP contribution < -0.4 is 0 Å². The van der Waals surface area contributed by atoms with Crippen LogP contribution in [0.1, 0.15) is 21.7 Å². The van der Waals surface area contributed by atoms with Crippen molar-refractivity contribution in [1.82, 2.24) is 4.98 Å². The molecule has 6 heteroatoms. The molecule has 0 unspecified atom stereocenters. The summed E-state index contributed by atoms with van der Waals surface area (Å²) in [6, 6.07) is 11.5. The van der Waals surface area contributed by atoms with Gasteiger partial charge < -0.3 is 4.74 Å². The first kappa shape index (κ1) is 14.6. The van der Waals surface area contributed by atoms with Crippen LogP contribution in [0.5, 0.6) is 0 Å². The molecule has 0 spiro atoms. The van der Waals surface area contributed by atoms with Crippen LogP contribution in [0.4, 0.5) is 5.69 Å². The van der Waals surface area contributed by atoms with Gasteiger partial charge in [0.15, 0.2) is 0 Å². The number of pyridine rings is 1. The van der Waals surface area contributed by atoms with Gasteiger partial charge >= 0.3 is 5.97 Å².